The molecule has 1 N–H and O–H groups in total. The van der Waals surface area contributed by atoms with E-state index >= 15 is 0 Å². The highest BCUT2D eigenvalue weighted by Crippen LogP contribution is 2.20. The van der Waals surface area contributed by atoms with Gasteiger partial charge in [0.05, 0.1) is 21.3 Å². The highest BCUT2D eigenvalue weighted by Gasteiger charge is 2.14. The molecule has 0 saturated heterocycles. The van der Waals surface area contributed by atoms with Gasteiger partial charge in [0, 0.05) is 24.5 Å². The van der Waals surface area contributed by atoms with Crippen LogP contribution in [0, 0.1) is 13.8 Å². The van der Waals surface area contributed by atoms with E-state index in [1.165, 1.54) is 11.3 Å². The Kier molecular flexibility index (Phi) is 5.27. The van der Waals surface area contributed by atoms with E-state index in [1.54, 1.807) is 18.3 Å². The van der Waals surface area contributed by atoms with Crippen LogP contribution in [0.1, 0.15) is 16.1 Å². The topological polar surface area (TPSA) is 72.0 Å². The van der Waals surface area contributed by atoms with Gasteiger partial charge in [-0.2, -0.15) is 0 Å². The van der Waals surface area contributed by atoms with Crippen LogP contribution >= 0.6 is 11.3 Å². The van der Waals surface area contributed by atoms with Gasteiger partial charge in [0.1, 0.15) is 0 Å². The number of sulfonamides is 1. The van der Waals surface area contributed by atoms with Crippen molar-refractivity contribution in [1.82, 2.24) is 14.7 Å². The predicted molar refractivity (Wildman–Crippen MR) is 100 cm³/mol. The molecule has 0 radical (unpaired) electrons. The molecule has 0 saturated carbocycles. The number of thiazole rings is 1. The first-order chi connectivity index (χ1) is 12.0. The van der Waals surface area contributed by atoms with Crippen molar-refractivity contribution in [3.63, 3.8) is 0 Å². The van der Waals surface area contributed by atoms with E-state index in [0.717, 1.165) is 27.5 Å². The van der Waals surface area contributed by atoms with Gasteiger partial charge in [-0.05, 0) is 49.2 Å². The predicted octanol–water partition coefficient (Wildman–Crippen LogP) is 3.34. The molecule has 2 aromatic heterocycles. The quantitative estimate of drug-likeness (QED) is 0.719. The van der Waals surface area contributed by atoms with E-state index in [-0.39, 0.29) is 0 Å². The van der Waals surface area contributed by atoms with Crippen molar-refractivity contribution in [2.75, 3.05) is 6.54 Å². The number of aryl methyl sites for hydroxylation is 2. The second-order valence-electron chi connectivity index (χ2n) is 5.74. The van der Waals surface area contributed by atoms with Gasteiger partial charge in [-0.3, -0.25) is 4.98 Å². The van der Waals surface area contributed by atoms with Crippen LogP contribution in [0.5, 0.6) is 0 Å². The lowest BCUT2D eigenvalue weighted by Crippen LogP contribution is -2.26. The third-order valence-corrected chi connectivity index (χ3v) is 6.27. The molecule has 2 heterocycles. The van der Waals surface area contributed by atoms with Gasteiger partial charge in [0.25, 0.3) is 0 Å². The summed E-state index contributed by atoms with van der Waals surface area (Å²) in [5.41, 5.74) is 3.67. The number of pyridine rings is 1. The number of nitrogens with one attached hydrogen (secondary N) is 1. The third kappa shape index (κ3) is 4.31. The molecule has 0 aliphatic carbocycles. The molecule has 0 amide bonds. The Morgan fingerprint density at radius 3 is 2.64 bits per heavy atom. The van der Waals surface area contributed by atoms with Crippen molar-refractivity contribution in [2.24, 2.45) is 0 Å². The van der Waals surface area contributed by atoms with E-state index in [4.69, 9.17) is 0 Å². The summed E-state index contributed by atoms with van der Waals surface area (Å²) >= 11 is 1.51. The Balaban J connectivity index is 1.63. The van der Waals surface area contributed by atoms with Crippen LogP contribution < -0.4 is 4.72 Å². The van der Waals surface area contributed by atoms with Crippen LogP contribution in [0.25, 0.3) is 11.4 Å². The third-order valence-electron chi connectivity index (χ3n) is 3.90. The molecular formula is C18H19N3O2S2. The zero-order valence-electron chi connectivity index (χ0n) is 14.1. The number of aromatic nitrogens is 2. The lowest BCUT2D eigenvalue weighted by molar-refractivity contribution is 0.581. The summed E-state index contributed by atoms with van der Waals surface area (Å²) < 4.78 is 27.4. The number of rotatable bonds is 6. The number of nitrogens with zero attached hydrogens (tertiary/aromatic N) is 2. The fourth-order valence-corrected chi connectivity index (χ4v) is 4.22. The first-order valence-corrected chi connectivity index (χ1v) is 10.2. The Morgan fingerprint density at radius 2 is 1.92 bits per heavy atom. The van der Waals surface area contributed by atoms with Crippen molar-refractivity contribution in [3.05, 3.63) is 64.1 Å². The molecule has 7 heteroatoms. The zero-order chi connectivity index (χ0) is 17.9. The zero-order valence-corrected chi connectivity index (χ0v) is 15.7. The van der Waals surface area contributed by atoms with E-state index in [0.29, 0.717) is 17.9 Å². The molecule has 0 bridgehead atoms. The first kappa shape index (κ1) is 17.7. The molecule has 0 unspecified atom stereocenters. The normalized spacial score (nSPS) is 11.6. The van der Waals surface area contributed by atoms with Crippen LogP contribution in [0.4, 0.5) is 0 Å². The standard InChI is InChI=1S/C18H19N3O2S2/c1-13-6-7-15(11-14(13)2)25(22,23)20-10-8-18-21-17(12-24-18)16-5-3-4-9-19-16/h3-7,9,11-12,20H,8,10H2,1-2H3. The van der Waals surface area contributed by atoms with Crippen molar-refractivity contribution < 1.29 is 8.42 Å². The molecule has 0 aliphatic heterocycles. The molecular weight excluding hydrogens is 354 g/mol. The molecule has 0 atom stereocenters. The maximum atomic E-state index is 12.4. The minimum atomic E-state index is -3.50. The summed E-state index contributed by atoms with van der Waals surface area (Å²) in [6.07, 6.45) is 2.27. The Morgan fingerprint density at radius 1 is 1.08 bits per heavy atom. The van der Waals surface area contributed by atoms with E-state index in [2.05, 4.69) is 14.7 Å². The second kappa shape index (κ2) is 7.43. The minimum absolute atomic E-state index is 0.295. The molecule has 0 spiro atoms. The molecule has 0 aliphatic rings. The Hall–Kier alpha value is -2.09. The van der Waals surface area contributed by atoms with Crippen LogP contribution in [0.3, 0.4) is 0 Å². The monoisotopic (exact) mass is 373 g/mol. The molecule has 3 aromatic rings. The SMILES string of the molecule is Cc1ccc(S(=O)(=O)NCCc2nc(-c3ccccn3)cs2)cc1C. The van der Waals surface area contributed by atoms with Crippen LogP contribution in [0.15, 0.2) is 52.9 Å². The summed E-state index contributed by atoms with van der Waals surface area (Å²) in [5.74, 6) is 0. The largest absolute Gasteiger partial charge is 0.255 e. The van der Waals surface area contributed by atoms with E-state index < -0.39 is 10.0 Å². The number of hydrogen-bond donors (Lipinski definition) is 1. The smallest absolute Gasteiger partial charge is 0.240 e. The average molecular weight is 374 g/mol. The van der Waals surface area contributed by atoms with Gasteiger partial charge in [-0.1, -0.05) is 12.1 Å². The number of hydrogen-bond acceptors (Lipinski definition) is 5. The van der Waals surface area contributed by atoms with Gasteiger partial charge >= 0.3 is 0 Å². The van der Waals surface area contributed by atoms with Gasteiger partial charge in [0.2, 0.25) is 10.0 Å². The van der Waals surface area contributed by atoms with Gasteiger partial charge in [-0.15, -0.1) is 11.3 Å². The van der Waals surface area contributed by atoms with Gasteiger partial charge in [0.15, 0.2) is 0 Å². The first-order valence-electron chi connectivity index (χ1n) is 7.88. The van der Waals surface area contributed by atoms with Crippen LogP contribution in [0.2, 0.25) is 0 Å². The molecule has 25 heavy (non-hydrogen) atoms. The lowest BCUT2D eigenvalue weighted by atomic mass is 10.1. The van der Waals surface area contributed by atoms with Crippen molar-refractivity contribution in [1.29, 1.82) is 0 Å². The molecule has 5 nitrogen and oxygen atoms in total. The molecule has 130 valence electrons. The summed E-state index contributed by atoms with van der Waals surface area (Å²) in [4.78, 5) is 9.08. The average Bonchev–Trinajstić information content (AvgIpc) is 3.07. The van der Waals surface area contributed by atoms with E-state index in [1.807, 2.05) is 43.5 Å². The Bertz CT molecular complexity index is 967. The number of benzene rings is 1. The van der Waals surface area contributed by atoms with Gasteiger partial charge < -0.3 is 0 Å². The summed E-state index contributed by atoms with van der Waals surface area (Å²) in [6.45, 7) is 4.17. The summed E-state index contributed by atoms with van der Waals surface area (Å²) in [6, 6.07) is 10.8. The van der Waals surface area contributed by atoms with Gasteiger partial charge in [-0.25, -0.2) is 18.1 Å². The highest BCUT2D eigenvalue weighted by atomic mass is 32.2. The Labute approximate surface area is 151 Å². The maximum absolute atomic E-state index is 12.4. The highest BCUT2D eigenvalue weighted by molar-refractivity contribution is 7.89. The molecule has 3 rings (SSSR count). The van der Waals surface area contributed by atoms with Crippen LogP contribution in [-0.4, -0.2) is 24.9 Å². The van der Waals surface area contributed by atoms with Crippen molar-refractivity contribution in [3.8, 4) is 11.4 Å². The fourth-order valence-electron chi connectivity index (χ4n) is 2.31. The van der Waals surface area contributed by atoms with E-state index in [9.17, 15) is 8.42 Å². The molecule has 0 fully saturated rings. The summed E-state index contributed by atoms with van der Waals surface area (Å²) in [5, 5.41) is 2.82. The fraction of sp³-hybridized carbons (Fsp3) is 0.222. The maximum Gasteiger partial charge on any atom is 0.240 e. The second-order valence-corrected chi connectivity index (χ2v) is 8.44. The van der Waals surface area contributed by atoms with Crippen molar-refractivity contribution >= 4 is 21.4 Å². The lowest BCUT2D eigenvalue weighted by Gasteiger charge is -2.08. The summed E-state index contributed by atoms with van der Waals surface area (Å²) in [7, 11) is -3.50. The minimum Gasteiger partial charge on any atom is -0.255 e. The van der Waals surface area contributed by atoms with Crippen LogP contribution in [-0.2, 0) is 16.4 Å². The van der Waals surface area contributed by atoms with Crippen molar-refractivity contribution in [2.45, 2.75) is 25.2 Å². The molecule has 1 aromatic carbocycles.